The molecule has 1 heterocycles. The molecule has 224 valence electrons. The number of hydrogen-bond acceptors (Lipinski definition) is 8. The molecule has 0 atom stereocenters. The second-order valence-corrected chi connectivity index (χ2v) is 11.0. The van der Waals surface area contributed by atoms with Gasteiger partial charge in [-0.25, -0.2) is 22.1 Å². The summed E-state index contributed by atoms with van der Waals surface area (Å²) in [5.74, 6) is -2.45. The number of anilines is 1. The van der Waals surface area contributed by atoms with Crippen LogP contribution in [0.2, 0.25) is 0 Å². The van der Waals surface area contributed by atoms with Crippen molar-refractivity contribution >= 4 is 26.7 Å². The summed E-state index contributed by atoms with van der Waals surface area (Å²) >= 11 is 0.727. The zero-order chi connectivity index (χ0) is 30.9. The van der Waals surface area contributed by atoms with Gasteiger partial charge in [0.05, 0.1) is 36.8 Å². The first kappa shape index (κ1) is 30.8. The molecule has 0 amide bonds. The van der Waals surface area contributed by atoms with E-state index in [1.54, 1.807) is 12.1 Å². The fourth-order valence-electron chi connectivity index (χ4n) is 3.63. The summed E-state index contributed by atoms with van der Waals surface area (Å²) in [6.45, 7) is -0.338. The molecule has 0 fully saturated rings. The summed E-state index contributed by atoms with van der Waals surface area (Å²) in [7, 11) is -1.78. The van der Waals surface area contributed by atoms with Crippen LogP contribution < -0.4 is 18.5 Å². The fourth-order valence-corrected chi connectivity index (χ4v) is 5.78. The van der Waals surface area contributed by atoms with Crippen LogP contribution in [0.25, 0.3) is 0 Å². The van der Waals surface area contributed by atoms with Crippen LogP contribution in [0, 0.1) is 5.82 Å². The molecule has 3 aromatic carbocycles. The average molecular weight is 638 g/mol. The molecule has 1 aromatic heterocycles. The Labute approximate surface area is 238 Å². The molecule has 0 spiro atoms. The summed E-state index contributed by atoms with van der Waals surface area (Å²) < 4.78 is 142. The summed E-state index contributed by atoms with van der Waals surface area (Å²) in [6.07, 6.45) is -9.21. The minimum Gasteiger partial charge on any atom is -0.497 e. The molecule has 4 rings (SSSR count). The molecule has 0 radical (unpaired) electrons. The first-order valence-corrected chi connectivity index (χ1v) is 13.6. The molecule has 0 aliphatic heterocycles. The number of ether oxygens (including phenoxy) is 3. The predicted molar refractivity (Wildman–Crippen MR) is 136 cm³/mol. The van der Waals surface area contributed by atoms with Crippen molar-refractivity contribution in [3.05, 3.63) is 83.4 Å². The zero-order valence-corrected chi connectivity index (χ0v) is 23.0. The Balaban J connectivity index is 1.70. The second kappa shape index (κ2) is 11.6. The van der Waals surface area contributed by atoms with Crippen LogP contribution in [0.15, 0.2) is 65.8 Å². The Morgan fingerprint density at radius 2 is 1.50 bits per heavy atom. The van der Waals surface area contributed by atoms with Crippen LogP contribution in [0.5, 0.6) is 23.0 Å². The molecule has 0 aliphatic rings. The van der Waals surface area contributed by atoms with Gasteiger partial charge in [0.25, 0.3) is 10.0 Å². The zero-order valence-electron chi connectivity index (χ0n) is 21.3. The highest BCUT2D eigenvalue weighted by molar-refractivity contribution is 7.93. The molecule has 8 nitrogen and oxygen atoms in total. The fraction of sp³-hybridized carbons (Fsp3) is 0.200. The van der Waals surface area contributed by atoms with Gasteiger partial charge in [-0.2, -0.15) is 30.7 Å². The molecular formula is C25H18F7N3O5S2. The smallest absolute Gasteiger partial charge is 0.416 e. The maximum atomic E-state index is 15.1. The van der Waals surface area contributed by atoms with Gasteiger partial charge in [0, 0.05) is 23.2 Å². The molecular weight excluding hydrogens is 619 g/mol. The van der Waals surface area contributed by atoms with E-state index in [-0.39, 0.29) is 35.6 Å². The average Bonchev–Trinajstić information content (AvgIpc) is 3.46. The Morgan fingerprint density at radius 3 is 2.02 bits per heavy atom. The minimum atomic E-state index is -5.16. The number of hydrogen-bond donors (Lipinski definition) is 0. The van der Waals surface area contributed by atoms with Crippen molar-refractivity contribution in [3.8, 4) is 23.0 Å². The first-order valence-electron chi connectivity index (χ1n) is 11.4. The predicted octanol–water partition coefficient (Wildman–Crippen LogP) is 6.92. The summed E-state index contributed by atoms with van der Waals surface area (Å²) in [4.78, 5) is 3.32. The highest BCUT2D eigenvalue weighted by Gasteiger charge is 2.37. The van der Waals surface area contributed by atoms with E-state index in [1.165, 1.54) is 20.3 Å². The van der Waals surface area contributed by atoms with Crippen LogP contribution in [0.1, 0.15) is 16.7 Å². The van der Waals surface area contributed by atoms with Gasteiger partial charge in [-0.15, -0.1) is 0 Å². The third-order valence-electron chi connectivity index (χ3n) is 5.65. The van der Waals surface area contributed by atoms with Crippen LogP contribution in [0.3, 0.4) is 0 Å². The largest absolute Gasteiger partial charge is 0.497 e. The number of methoxy groups -OCH3 is 2. The third-order valence-corrected chi connectivity index (χ3v) is 8.19. The molecule has 0 aliphatic carbocycles. The minimum absolute atomic E-state index is 0.0859. The molecule has 0 N–H and O–H groups in total. The topological polar surface area (TPSA) is 90.9 Å². The van der Waals surface area contributed by atoms with Crippen LogP contribution in [-0.4, -0.2) is 32.0 Å². The van der Waals surface area contributed by atoms with Gasteiger partial charge in [-0.1, -0.05) is 0 Å². The van der Waals surface area contributed by atoms with Crippen LogP contribution >= 0.6 is 11.5 Å². The van der Waals surface area contributed by atoms with Crippen molar-refractivity contribution < 1.29 is 53.4 Å². The van der Waals surface area contributed by atoms with E-state index in [2.05, 4.69) is 9.36 Å². The van der Waals surface area contributed by atoms with Crippen molar-refractivity contribution in [1.29, 1.82) is 0 Å². The SMILES string of the molecule is COc1ccc(CN(c2ncns2)S(=O)(=O)c2ccc(Oc3cc(C(F)(F)F)cc(C(F)(F)F)c3)c(F)c2)c(OC)c1. The number of alkyl halides is 6. The van der Waals surface area contributed by atoms with E-state index in [4.69, 9.17) is 14.2 Å². The molecule has 17 heteroatoms. The van der Waals surface area contributed by atoms with Crippen molar-refractivity contribution in [1.82, 2.24) is 9.36 Å². The normalized spacial score (nSPS) is 12.2. The van der Waals surface area contributed by atoms with E-state index in [0.717, 1.165) is 34.3 Å². The van der Waals surface area contributed by atoms with Gasteiger partial charge in [0.1, 0.15) is 23.6 Å². The van der Waals surface area contributed by atoms with Gasteiger partial charge in [0.2, 0.25) is 5.13 Å². The summed E-state index contributed by atoms with van der Waals surface area (Å²) in [5.41, 5.74) is -2.97. The quantitative estimate of drug-likeness (QED) is 0.184. The first-order chi connectivity index (χ1) is 19.6. The number of rotatable bonds is 9. The Kier molecular flexibility index (Phi) is 8.54. The van der Waals surface area contributed by atoms with Crippen molar-refractivity contribution in [2.45, 2.75) is 23.8 Å². The second-order valence-electron chi connectivity index (χ2n) is 8.35. The van der Waals surface area contributed by atoms with E-state index < -0.39 is 55.7 Å². The van der Waals surface area contributed by atoms with E-state index in [9.17, 15) is 34.8 Å². The number of aromatic nitrogens is 2. The highest BCUT2D eigenvalue weighted by Crippen LogP contribution is 2.40. The van der Waals surface area contributed by atoms with Gasteiger partial charge in [-0.3, -0.25) is 0 Å². The molecule has 4 aromatic rings. The number of halogens is 7. The van der Waals surface area contributed by atoms with Gasteiger partial charge in [-0.05, 0) is 48.5 Å². The van der Waals surface area contributed by atoms with Crippen molar-refractivity contribution in [2.75, 3.05) is 18.5 Å². The molecule has 0 bridgehead atoms. The van der Waals surface area contributed by atoms with Crippen molar-refractivity contribution in [3.63, 3.8) is 0 Å². The lowest BCUT2D eigenvalue weighted by molar-refractivity contribution is -0.143. The number of nitrogens with zero attached hydrogens (tertiary/aromatic N) is 3. The van der Waals surface area contributed by atoms with E-state index in [1.807, 2.05) is 0 Å². The van der Waals surface area contributed by atoms with E-state index >= 15 is 4.39 Å². The molecule has 0 saturated heterocycles. The van der Waals surface area contributed by atoms with Gasteiger partial charge >= 0.3 is 12.4 Å². The highest BCUT2D eigenvalue weighted by atomic mass is 32.2. The third kappa shape index (κ3) is 6.67. The Hall–Kier alpha value is -4.12. The van der Waals surface area contributed by atoms with Crippen LogP contribution in [-0.2, 0) is 28.9 Å². The van der Waals surface area contributed by atoms with Gasteiger partial charge < -0.3 is 14.2 Å². The van der Waals surface area contributed by atoms with Gasteiger partial charge in [0.15, 0.2) is 11.6 Å². The summed E-state index contributed by atoms with van der Waals surface area (Å²) in [5, 5.41) is -0.0859. The Morgan fingerprint density at radius 1 is 0.833 bits per heavy atom. The number of benzene rings is 3. The summed E-state index contributed by atoms with van der Waals surface area (Å²) in [6, 6.07) is 7.20. The van der Waals surface area contributed by atoms with Crippen LogP contribution in [0.4, 0.5) is 35.9 Å². The molecule has 0 saturated carbocycles. The standard InChI is InChI=1S/C25H18F7N3O5S2/c1-38-17-4-3-14(22(10-17)39-2)12-35(23-33-13-34-41-23)42(36,37)19-5-6-21(20(26)11-19)40-18-8-15(24(27,28)29)7-16(9-18)25(30,31)32/h3-11,13H,12H2,1-2H3. The molecule has 0 unspecified atom stereocenters. The lowest BCUT2D eigenvalue weighted by Crippen LogP contribution is -2.30. The van der Waals surface area contributed by atoms with Crippen molar-refractivity contribution in [2.24, 2.45) is 0 Å². The Bertz CT molecular complexity index is 1650. The number of sulfonamides is 1. The van der Waals surface area contributed by atoms with E-state index in [0.29, 0.717) is 17.4 Å². The lowest BCUT2D eigenvalue weighted by atomic mass is 10.1. The lowest BCUT2D eigenvalue weighted by Gasteiger charge is -2.23. The monoisotopic (exact) mass is 637 g/mol. The molecule has 42 heavy (non-hydrogen) atoms. The maximum absolute atomic E-state index is 15.1. The maximum Gasteiger partial charge on any atom is 0.416 e.